The Hall–Kier alpha value is -1.87. The average Bonchev–Trinajstić information content (AvgIpc) is 2.85. The Morgan fingerprint density at radius 2 is 2.20 bits per heavy atom. The van der Waals surface area contributed by atoms with Gasteiger partial charge in [-0.05, 0) is 31.6 Å². The molecule has 20 heavy (non-hydrogen) atoms. The maximum Gasteiger partial charge on any atom is 0.116 e. The minimum absolute atomic E-state index is 0.244. The number of hydrogen-bond acceptors (Lipinski definition) is 3. The van der Waals surface area contributed by atoms with E-state index < -0.39 is 0 Å². The highest BCUT2D eigenvalue weighted by Crippen LogP contribution is 2.22. The number of rotatable bonds is 4. The number of methoxy groups -OCH3 is 1. The number of hydrogen-bond donors (Lipinski definition) is 0. The van der Waals surface area contributed by atoms with Crippen LogP contribution in [-0.2, 0) is 4.74 Å². The Morgan fingerprint density at radius 1 is 1.35 bits per heavy atom. The van der Waals surface area contributed by atoms with Gasteiger partial charge in [0.05, 0.1) is 19.1 Å². The Balaban J connectivity index is 2.11. The first-order valence-corrected chi connectivity index (χ1v) is 7.43. The van der Waals surface area contributed by atoms with Crippen LogP contribution in [0.3, 0.4) is 0 Å². The van der Waals surface area contributed by atoms with E-state index in [2.05, 4.69) is 60.7 Å². The lowest BCUT2D eigenvalue weighted by Crippen LogP contribution is -1.98. The zero-order chi connectivity index (χ0) is 14.4. The van der Waals surface area contributed by atoms with E-state index in [4.69, 9.17) is 4.74 Å². The van der Waals surface area contributed by atoms with Crippen molar-refractivity contribution in [3.63, 3.8) is 0 Å². The van der Waals surface area contributed by atoms with Crippen molar-refractivity contribution in [2.75, 3.05) is 7.11 Å². The first-order chi connectivity index (χ1) is 9.69. The standard InChI is InChI=1S/C17H19NOS/c1-13(2)10-17-18-16(12-20-17)9-8-14-6-4-5-7-15(14)11-19-3/h4-12,14H,1-3H3. The maximum absolute atomic E-state index is 5.11. The molecule has 1 aromatic rings. The van der Waals surface area contributed by atoms with Crippen molar-refractivity contribution < 1.29 is 4.74 Å². The van der Waals surface area contributed by atoms with Gasteiger partial charge in [0.1, 0.15) is 5.01 Å². The molecule has 0 aromatic carbocycles. The van der Waals surface area contributed by atoms with Crippen molar-refractivity contribution in [3.8, 4) is 0 Å². The van der Waals surface area contributed by atoms with Crippen LogP contribution in [0, 0.1) is 5.92 Å². The predicted octanol–water partition coefficient (Wildman–Crippen LogP) is 4.85. The summed E-state index contributed by atoms with van der Waals surface area (Å²) < 4.78 is 5.11. The number of nitrogens with zero attached hydrogens (tertiary/aromatic N) is 1. The molecular weight excluding hydrogens is 266 g/mol. The fourth-order valence-corrected chi connectivity index (χ4v) is 2.73. The number of aromatic nitrogens is 1. The van der Waals surface area contributed by atoms with Gasteiger partial charge in [0.15, 0.2) is 0 Å². The molecule has 1 aliphatic rings. The van der Waals surface area contributed by atoms with Gasteiger partial charge in [0.2, 0.25) is 0 Å². The van der Waals surface area contributed by atoms with Gasteiger partial charge in [0, 0.05) is 11.3 Å². The van der Waals surface area contributed by atoms with Gasteiger partial charge < -0.3 is 4.74 Å². The molecule has 2 nitrogen and oxygen atoms in total. The molecule has 0 saturated carbocycles. The maximum atomic E-state index is 5.11. The fourth-order valence-electron chi connectivity index (χ4n) is 1.89. The third-order valence-corrected chi connectivity index (χ3v) is 3.59. The van der Waals surface area contributed by atoms with E-state index in [9.17, 15) is 0 Å². The molecule has 0 N–H and O–H groups in total. The summed E-state index contributed by atoms with van der Waals surface area (Å²) >= 11 is 1.67. The first-order valence-electron chi connectivity index (χ1n) is 6.55. The number of allylic oxidation sites excluding steroid dienone is 7. The van der Waals surface area contributed by atoms with Crippen LogP contribution in [0.4, 0.5) is 0 Å². The summed E-state index contributed by atoms with van der Waals surface area (Å²) in [4.78, 5) is 4.57. The highest BCUT2D eigenvalue weighted by molar-refractivity contribution is 7.10. The molecule has 1 aromatic heterocycles. The molecule has 0 aliphatic heterocycles. The van der Waals surface area contributed by atoms with Gasteiger partial charge in [0.25, 0.3) is 0 Å². The lowest BCUT2D eigenvalue weighted by molar-refractivity contribution is 0.333. The van der Waals surface area contributed by atoms with Crippen molar-refractivity contribution in [2.45, 2.75) is 13.8 Å². The molecule has 0 spiro atoms. The van der Waals surface area contributed by atoms with Crippen molar-refractivity contribution in [3.05, 3.63) is 63.9 Å². The molecule has 3 heteroatoms. The molecule has 0 fully saturated rings. The van der Waals surface area contributed by atoms with Gasteiger partial charge in [-0.3, -0.25) is 0 Å². The van der Waals surface area contributed by atoms with E-state index in [0.29, 0.717) is 0 Å². The Kier molecular flexibility index (Phi) is 5.13. The monoisotopic (exact) mass is 285 g/mol. The molecule has 0 saturated heterocycles. The zero-order valence-electron chi connectivity index (χ0n) is 12.0. The van der Waals surface area contributed by atoms with E-state index in [1.807, 2.05) is 6.08 Å². The normalized spacial score (nSPS) is 19.8. The summed E-state index contributed by atoms with van der Waals surface area (Å²) in [6.07, 6.45) is 16.4. The Labute approximate surface area is 124 Å². The van der Waals surface area contributed by atoms with Crippen molar-refractivity contribution >= 4 is 23.5 Å². The molecule has 0 radical (unpaired) electrons. The van der Waals surface area contributed by atoms with Crippen LogP contribution in [0.25, 0.3) is 12.2 Å². The van der Waals surface area contributed by atoms with Crippen LogP contribution in [0.15, 0.2) is 53.2 Å². The minimum Gasteiger partial charge on any atom is -0.504 e. The molecule has 104 valence electrons. The topological polar surface area (TPSA) is 22.1 Å². The van der Waals surface area contributed by atoms with Crippen LogP contribution in [0.5, 0.6) is 0 Å². The van der Waals surface area contributed by atoms with Gasteiger partial charge in [-0.25, -0.2) is 4.98 Å². The zero-order valence-corrected chi connectivity index (χ0v) is 12.9. The lowest BCUT2D eigenvalue weighted by Gasteiger charge is -2.11. The van der Waals surface area contributed by atoms with Crippen molar-refractivity contribution in [1.82, 2.24) is 4.98 Å². The van der Waals surface area contributed by atoms with Crippen LogP contribution in [0.2, 0.25) is 0 Å². The summed E-state index contributed by atoms with van der Waals surface area (Å²) in [6, 6.07) is 0. The number of thiazole rings is 1. The van der Waals surface area contributed by atoms with E-state index >= 15 is 0 Å². The SMILES string of the molecule is COC=C1C=CC=CC1C=Cc1csc(C=C(C)C)n1. The highest BCUT2D eigenvalue weighted by Gasteiger charge is 2.08. The van der Waals surface area contributed by atoms with Crippen LogP contribution in [0.1, 0.15) is 24.5 Å². The molecule has 1 heterocycles. The minimum atomic E-state index is 0.244. The summed E-state index contributed by atoms with van der Waals surface area (Å²) in [5.74, 6) is 0.244. The van der Waals surface area contributed by atoms with E-state index in [1.54, 1.807) is 24.7 Å². The van der Waals surface area contributed by atoms with Crippen LogP contribution in [-0.4, -0.2) is 12.1 Å². The Morgan fingerprint density at radius 3 is 2.95 bits per heavy atom. The third kappa shape index (κ3) is 4.07. The average molecular weight is 285 g/mol. The molecule has 1 atom stereocenters. The predicted molar refractivity (Wildman–Crippen MR) is 87.3 cm³/mol. The van der Waals surface area contributed by atoms with E-state index in [-0.39, 0.29) is 5.92 Å². The third-order valence-electron chi connectivity index (χ3n) is 2.78. The highest BCUT2D eigenvalue weighted by atomic mass is 32.1. The largest absolute Gasteiger partial charge is 0.504 e. The van der Waals surface area contributed by atoms with E-state index in [1.165, 1.54) is 5.57 Å². The van der Waals surface area contributed by atoms with Gasteiger partial charge in [-0.1, -0.05) is 36.0 Å². The van der Waals surface area contributed by atoms with Gasteiger partial charge in [-0.2, -0.15) is 0 Å². The van der Waals surface area contributed by atoms with Crippen LogP contribution < -0.4 is 0 Å². The second-order valence-electron chi connectivity index (χ2n) is 4.81. The Bertz CT molecular complexity index is 598. The quantitative estimate of drug-likeness (QED) is 0.738. The van der Waals surface area contributed by atoms with Gasteiger partial charge in [-0.15, -0.1) is 11.3 Å². The smallest absolute Gasteiger partial charge is 0.116 e. The molecule has 0 amide bonds. The summed E-state index contributed by atoms with van der Waals surface area (Å²) in [6.45, 7) is 4.16. The fraction of sp³-hybridized carbons (Fsp3) is 0.235. The second kappa shape index (κ2) is 7.06. The molecule has 1 aliphatic carbocycles. The molecule has 2 rings (SSSR count). The van der Waals surface area contributed by atoms with Crippen molar-refractivity contribution in [2.24, 2.45) is 5.92 Å². The number of ether oxygens (including phenoxy) is 1. The summed E-state index contributed by atoms with van der Waals surface area (Å²) in [7, 11) is 1.67. The summed E-state index contributed by atoms with van der Waals surface area (Å²) in [5.41, 5.74) is 3.41. The summed E-state index contributed by atoms with van der Waals surface area (Å²) in [5, 5.41) is 3.13. The molecular formula is C17H19NOS. The van der Waals surface area contributed by atoms with Gasteiger partial charge >= 0.3 is 0 Å². The molecule has 0 bridgehead atoms. The van der Waals surface area contributed by atoms with Crippen LogP contribution >= 0.6 is 11.3 Å². The second-order valence-corrected chi connectivity index (χ2v) is 5.70. The molecule has 1 unspecified atom stereocenters. The van der Waals surface area contributed by atoms with E-state index in [0.717, 1.165) is 16.3 Å². The first kappa shape index (κ1) is 14.5. The van der Waals surface area contributed by atoms with Crippen molar-refractivity contribution in [1.29, 1.82) is 0 Å². The lowest BCUT2D eigenvalue weighted by atomic mass is 9.95.